The van der Waals surface area contributed by atoms with Crippen molar-refractivity contribution in [2.75, 3.05) is 6.54 Å². The maximum atomic E-state index is 12.5. The number of nitrogens with zero attached hydrogens (tertiary/aromatic N) is 2. The van der Waals surface area contributed by atoms with Crippen LogP contribution < -0.4 is 5.32 Å². The molecule has 2 aromatic heterocycles. The number of rotatable bonds is 4. The highest BCUT2D eigenvalue weighted by Gasteiger charge is 2.36. The summed E-state index contributed by atoms with van der Waals surface area (Å²) in [5.41, 5.74) is 1.03. The molecule has 0 aliphatic rings. The van der Waals surface area contributed by atoms with Gasteiger partial charge in [-0.25, -0.2) is 4.98 Å². The molecule has 0 fully saturated rings. The topological polar surface area (TPSA) is 54.9 Å². The van der Waals surface area contributed by atoms with E-state index in [0.717, 1.165) is 5.56 Å². The Hall–Kier alpha value is -1.96. The van der Waals surface area contributed by atoms with Gasteiger partial charge in [-0.2, -0.15) is 13.2 Å². The average Bonchev–Trinajstić information content (AvgIpc) is 2.82. The van der Waals surface area contributed by atoms with Crippen LogP contribution in [0.15, 0.2) is 24.5 Å². The monoisotopic (exact) mass is 315 g/mol. The third-order valence-electron chi connectivity index (χ3n) is 2.67. The number of hydrogen-bond donors (Lipinski definition) is 1. The molecule has 0 saturated heterocycles. The Morgan fingerprint density at radius 1 is 1.43 bits per heavy atom. The van der Waals surface area contributed by atoms with Crippen molar-refractivity contribution in [2.45, 2.75) is 19.5 Å². The van der Waals surface area contributed by atoms with Gasteiger partial charge in [-0.1, -0.05) is 6.07 Å². The van der Waals surface area contributed by atoms with E-state index in [1.54, 1.807) is 18.5 Å². The maximum absolute atomic E-state index is 12.5. The van der Waals surface area contributed by atoms with E-state index < -0.39 is 17.1 Å². The van der Waals surface area contributed by atoms with E-state index in [4.69, 9.17) is 0 Å². The normalized spacial score (nSPS) is 11.4. The lowest BCUT2D eigenvalue weighted by atomic mass is 10.2. The second kappa shape index (κ2) is 6.21. The minimum atomic E-state index is -4.52. The molecule has 8 heteroatoms. The van der Waals surface area contributed by atoms with Crippen LogP contribution in [0.5, 0.6) is 0 Å². The second-order valence-electron chi connectivity index (χ2n) is 4.30. The zero-order valence-electron chi connectivity index (χ0n) is 11.1. The first-order chi connectivity index (χ1) is 9.88. The van der Waals surface area contributed by atoms with Crippen molar-refractivity contribution in [1.82, 2.24) is 15.3 Å². The van der Waals surface area contributed by atoms with E-state index in [0.29, 0.717) is 24.3 Å². The van der Waals surface area contributed by atoms with Crippen LogP contribution in [-0.2, 0) is 12.6 Å². The molecule has 0 saturated carbocycles. The van der Waals surface area contributed by atoms with E-state index in [9.17, 15) is 18.0 Å². The fourth-order valence-electron chi connectivity index (χ4n) is 1.67. The molecule has 112 valence electrons. The smallest absolute Gasteiger partial charge is 0.351 e. The van der Waals surface area contributed by atoms with E-state index in [1.807, 2.05) is 6.07 Å². The zero-order valence-corrected chi connectivity index (χ0v) is 11.9. The third-order valence-corrected chi connectivity index (χ3v) is 3.87. The predicted octanol–water partition coefficient (Wildman–Crippen LogP) is 2.84. The van der Waals surface area contributed by atoms with Gasteiger partial charge in [0.15, 0.2) is 5.01 Å². The van der Waals surface area contributed by atoms with Gasteiger partial charge in [0.1, 0.15) is 4.88 Å². The maximum Gasteiger partial charge on any atom is 0.443 e. The van der Waals surface area contributed by atoms with Gasteiger partial charge in [0.05, 0.1) is 5.69 Å². The van der Waals surface area contributed by atoms with E-state index in [1.165, 1.54) is 6.92 Å². The van der Waals surface area contributed by atoms with Gasteiger partial charge in [0.25, 0.3) is 5.91 Å². The fourth-order valence-corrected chi connectivity index (χ4v) is 2.52. The molecule has 0 aliphatic carbocycles. The molecule has 0 aromatic carbocycles. The van der Waals surface area contributed by atoms with E-state index in [2.05, 4.69) is 15.3 Å². The van der Waals surface area contributed by atoms with Gasteiger partial charge in [0, 0.05) is 18.9 Å². The van der Waals surface area contributed by atoms with E-state index >= 15 is 0 Å². The molecule has 4 nitrogen and oxygen atoms in total. The SMILES string of the molecule is Cc1nc(C(F)(F)F)sc1C(=O)NCCc1cccnc1. The molecule has 0 bridgehead atoms. The van der Waals surface area contributed by atoms with Gasteiger partial charge in [-0.15, -0.1) is 11.3 Å². The quantitative estimate of drug-likeness (QED) is 0.944. The summed E-state index contributed by atoms with van der Waals surface area (Å²) in [5.74, 6) is -0.538. The van der Waals surface area contributed by atoms with Gasteiger partial charge >= 0.3 is 6.18 Å². The zero-order chi connectivity index (χ0) is 15.5. The fraction of sp³-hybridized carbons (Fsp3) is 0.308. The molecular weight excluding hydrogens is 303 g/mol. The van der Waals surface area contributed by atoms with Crippen LogP contribution in [0.25, 0.3) is 0 Å². The van der Waals surface area contributed by atoms with Crippen molar-refractivity contribution >= 4 is 17.2 Å². The second-order valence-corrected chi connectivity index (χ2v) is 5.30. The van der Waals surface area contributed by atoms with Crippen molar-refractivity contribution < 1.29 is 18.0 Å². The number of alkyl halides is 3. The van der Waals surface area contributed by atoms with Crippen molar-refractivity contribution in [3.05, 3.63) is 45.7 Å². The summed E-state index contributed by atoms with van der Waals surface area (Å²) >= 11 is 0.360. The molecule has 2 heterocycles. The lowest BCUT2D eigenvalue weighted by Gasteiger charge is -2.04. The highest BCUT2D eigenvalue weighted by Crippen LogP contribution is 2.33. The minimum absolute atomic E-state index is 0.00601. The number of carbonyl (C=O) groups is 1. The molecule has 0 atom stereocenters. The molecule has 0 radical (unpaired) electrons. The van der Waals surface area contributed by atoms with Crippen LogP contribution >= 0.6 is 11.3 Å². The first kappa shape index (κ1) is 15.4. The van der Waals surface area contributed by atoms with Gasteiger partial charge in [0.2, 0.25) is 0 Å². The predicted molar refractivity (Wildman–Crippen MR) is 72.1 cm³/mol. The lowest BCUT2D eigenvalue weighted by Crippen LogP contribution is -2.25. The number of halogens is 3. The van der Waals surface area contributed by atoms with Crippen molar-refractivity contribution in [3.63, 3.8) is 0 Å². The van der Waals surface area contributed by atoms with Crippen molar-refractivity contribution in [1.29, 1.82) is 0 Å². The molecule has 0 spiro atoms. The summed E-state index contributed by atoms with van der Waals surface area (Å²) in [6, 6.07) is 3.64. The Bertz CT molecular complexity index is 625. The van der Waals surface area contributed by atoms with Crippen LogP contribution in [0.4, 0.5) is 13.2 Å². The summed E-state index contributed by atoms with van der Waals surface area (Å²) in [4.78, 5) is 19.2. The van der Waals surface area contributed by atoms with Crippen molar-refractivity contribution in [3.8, 4) is 0 Å². The molecule has 0 unspecified atom stereocenters. The number of nitrogens with one attached hydrogen (secondary N) is 1. The molecule has 1 amide bonds. The number of carbonyl (C=O) groups excluding carboxylic acids is 1. The Kier molecular flexibility index (Phi) is 4.56. The first-order valence-electron chi connectivity index (χ1n) is 6.09. The highest BCUT2D eigenvalue weighted by molar-refractivity contribution is 7.13. The average molecular weight is 315 g/mol. The van der Waals surface area contributed by atoms with Crippen LogP contribution in [-0.4, -0.2) is 22.4 Å². The van der Waals surface area contributed by atoms with Gasteiger partial charge < -0.3 is 5.32 Å². The Morgan fingerprint density at radius 3 is 2.76 bits per heavy atom. The first-order valence-corrected chi connectivity index (χ1v) is 6.91. The number of aromatic nitrogens is 2. The third kappa shape index (κ3) is 4.01. The van der Waals surface area contributed by atoms with Crippen LogP contribution in [0, 0.1) is 6.92 Å². The molecule has 2 aromatic rings. The summed E-state index contributed by atoms with van der Waals surface area (Å²) in [5, 5.41) is 1.59. The highest BCUT2D eigenvalue weighted by atomic mass is 32.1. The summed E-state index contributed by atoms with van der Waals surface area (Å²) in [7, 11) is 0. The van der Waals surface area contributed by atoms with Gasteiger partial charge in [-0.05, 0) is 25.0 Å². The summed E-state index contributed by atoms with van der Waals surface area (Å²) < 4.78 is 37.6. The lowest BCUT2D eigenvalue weighted by molar-refractivity contribution is -0.137. The molecule has 1 N–H and O–H groups in total. The summed E-state index contributed by atoms with van der Waals surface area (Å²) in [6.45, 7) is 1.71. The Balaban J connectivity index is 1.96. The molecule has 0 aliphatic heterocycles. The van der Waals surface area contributed by atoms with Crippen LogP contribution in [0.3, 0.4) is 0 Å². The number of hydrogen-bond acceptors (Lipinski definition) is 4. The summed E-state index contributed by atoms with van der Waals surface area (Å²) in [6.07, 6.45) is -0.652. The number of thiazole rings is 1. The number of pyridine rings is 1. The minimum Gasteiger partial charge on any atom is -0.351 e. The van der Waals surface area contributed by atoms with Crippen LogP contribution in [0.1, 0.15) is 25.9 Å². The standard InChI is InChI=1S/C13H12F3N3OS/c1-8-10(21-12(19-8)13(14,15)16)11(20)18-6-4-9-3-2-5-17-7-9/h2-3,5,7H,4,6H2,1H3,(H,18,20). The Morgan fingerprint density at radius 2 is 2.19 bits per heavy atom. The number of amides is 1. The van der Waals surface area contributed by atoms with E-state index in [-0.39, 0.29) is 10.6 Å². The Labute approximate surface area is 123 Å². The molecular formula is C13H12F3N3OS. The molecule has 2 rings (SSSR count). The van der Waals surface area contributed by atoms with Crippen LogP contribution in [0.2, 0.25) is 0 Å². The largest absolute Gasteiger partial charge is 0.443 e. The number of aryl methyl sites for hydroxylation is 1. The molecule has 21 heavy (non-hydrogen) atoms. The van der Waals surface area contributed by atoms with Crippen molar-refractivity contribution in [2.24, 2.45) is 0 Å². The van der Waals surface area contributed by atoms with Gasteiger partial charge in [-0.3, -0.25) is 9.78 Å².